The molecular formula is C21H19FN2O. The summed E-state index contributed by atoms with van der Waals surface area (Å²) in [5, 5.41) is 6.00. The van der Waals surface area contributed by atoms with Crippen LogP contribution in [0.4, 0.5) is 21.5 Å². The summed E-state index contributed by atoms with van der Waals surface area (Å²) in [5.41, 5.74) is 4.37. The molecule has 0 aromatic heterocycles. The number of benzene rings is 3. The Morgan fingerprint density at radius 3 is 2.24 bits per heavy atom. The molecule has 1 amide bonds. The third-order valence-electron chi connectivity index (χ3n) is 3.77. The molecule has 0 unspecified atom stereocenters. The molecular weight excluding hydrogens is 315 g/mol. The highest BCUT2D eigenvalue weighted by Crippen LogP contribution is 2.19. The first kappa shape index (κ1) is 16.7. The molecule has 0 aliphatic carbocycles. The van der Waals surface area contributed by atoms with E-state index in [2.05, 4.69) is 10.6 Å². The molecule has 0 aliphatic heterocycles. The lowest BCUT2D eigenvalue weighted by atomic mass is 10.1. The Bertz CT molecular complexity index is 858. The van der Waals surface area contributed by atoms with Gasteiger partial charge >= 0.3 is 0 Å². The molecule has 2 N–H and O–H groups in total. The summed E-state index contributed by atoms with van der Waals surface area (Å²) in [6, 6.07) is 21.5. The van der Waals surface area contributed by atoms with E-state index in [0.29, 0.717) is 12.1 Å². The fraction of sp³-hybridized carbons (Fsp3) is 0.0952. The van der Waals surface area contributed by atoms with Crippen molar-refractivity contribution in [3.8, 4) is 0 Å². The molecule has 0 radical (unpaired) electrons. The number of carbonyl (C=O) groups excluding carboxylic acids is 1. The number of nitrogens with one attached hydrogen (secondary N) is 2. The minimum atomic E-state index is -0.287. The molecule has 3 rings (SSSR count). The largest absolute Gasteiger partial charge is 0.355 e. The molecule has 25 heavy (non-hydrogen) atoms. The molecule has 3 aromatic rings. The highest BCUT2D eigenvalue weighted by molar-refractivity contribution is 5.92. The lowest BCUT2D eigenvalue weighted by Gasteiger charge is -2.09. The average Bonchev–Trinajstić information content (AvgIpc) is 2.59. The lowest BCUT2D eigenvalue weighted by Crippen LogP contribution is -2.14. The average molecular weight is 334 g/mol. The van der Waals surface area contributed by atoms with E-state index in [9.17, 15) is 9.18 Å². The first-order valence-electron chi connectivity index (χ1n) is 8.06. The standard InChI is InChI=1S/C21H19FN2O/c1-15-5-7-16(8-6-15)13-21(25)24-19-11-9-18(10-12-19)23-20-4-2-3-17(22)14-20/h2-12,14,23H,13H2,1H3,(H,24,25). The van der Waals surface area contributed by atoms with Gasteiger partial charge in [0.15, 0.2) is 0 Å². The number of halogens is 1. The Balaban J connectivity index is 1.58. The van der Waals surface area contributed by atoms with E-state index >= 15 is 0 Å². The highest BCUT2D eigenvalue weighted by Gasteiger charge is 2.04. The molecule has 0 spiro atoms. The zero-order chi connectivity index (χ0) is 17.6. The van der Waals surface area contributed by atoms with Gasteiger partial charge in [-0.2, -0.15) is 0 Å². The van der Waals surface area contributed by atoms with Crippen LogP contribution in [0.15, 0.2) is 72.8 Å². The smallest absolute Gasteiger partial charge is 0.228 e. The van der Waals surface area contributed by atoms with Crippen LogP contribution in [0, 0.1) is 12.7 Å². The minimum Gasteiger partial charge on any atom is -0.355 e. The van der Waals surface area contributed by atoms with E-state index in [4.69, 9.17) is 0 Å². The van der Waals surface area contributed by atoms with Gasteiger partial charge < -0.3 is 10.6 Å². The van der Waals surface area contributed by atoms with Crippen LogP contribution in [-0.4, -0.2) is 5.91 Å². The molecule has 0 aliphatic rings. The van der Waals surface area contributed by atoms with Crippen LogP contribution >= 0.6 is 0 Å². The van der Waals surface area contributed by atoms with Gasteiger partial charge in [-0.15, -0.1) is 0 Å². The molecule has 3 aromatic carbocycles. The molecule has 126 valence electrons. The van der Waals surface area contributed by atoms with Crippen LogP contribution in [0.25, 0.3) is 0 Å². The van der Waals surface area contributed by atoms with Crippen molar-refractivity contribution < 1.29 is 9.18 Å². The van der Waals surface area contributed by atoms with Crippen LogP contribution in [-0.2, 0) is 11.2 Å². The fourth-order valence-electron chi connectivity index (χ4n) is 2.47. The summed E-state index contributed by atoms with van der Waals surface area (Å²) in [4.78, 5) is 12.1. The predicted molar refractivity (Wildman–Crippen MR) is 99.6 cm³/mol. The summed E-state index contributed by atoms with van der Waals surface area (Å²) in [6.07, 6.45) is 0.337. The molecule has 0 heterocycles. The summed E-state index contributed by atoms with van der Waals surface area (Å²) in [5.74, 6) is -0.348. The predicted octanol–water partition coefficient (Wildman–Crippen LogP) is 5.06. The van der Waals surface area contributed by atoms with Crippen molar-refractivity contribution in [2.45, 2.75) is 13.3 Å². The Labute approximate surface area is 146 Å². The van der Waals surface area contributed by atoms with Gasteiger partial charge in [-0.05, 0) is 55.0 Å². The second-order valence-corrected chi connectivity index (χ2v) is 5.92. The fourth-order valence-corrected chi connectivity index (χ4v) is 2.47. The number of hydrogen-bond acceptors (Lipinski definition) is 2. The maximum atomic E-state index is 13.2. The molecule has 0 saturated carbocycles. The van der Waals surface area contributed by atoms with Gasteiger partial charge in [-0.1, -0.05) is 35.9 Å². The van der Waals surface area contributed by atoms with Gasteiger partial charge in [0, 0.05) is 17.1 Å². The van der Waals surface area contributed by atoms with E-state index in [1.165, 1.54) is 17.7 Å². The highest BCUT2D eigenvalue weighted by atomic mass is 19.1. The van der Waals surface area contributed by atoms with Gasteiger partial charge in [0.2, 0.25) is 5.91 Å². The Hall–Kier alpha value is -3.14. The first-order chi connectivity index (χ1) is 12.1. The van der Waals surface area contributed by atoms with E-state index in [-0.39, 0.29) is 11.7 Å². The monoisotopic (exact) mass is 334 g/mol. The summed E-state index contributed by atoms with van der Waals surface area (Å²) >= 11 is 0. The van der Waals surface area contributed by atoms with E-state index < -0.39 is 0 Å². The number of hydrogen-bond donors (Lipinski definition) is 2. The van der Waals surface area contributed by atoms with Gasteiger partial charge in [-0.25, -0.2) is 4.39 Å². The minimum absolute atomic E-state index is 0.0605. The van der Waals surface area contributed by atoms with Crippen molar-refractivity contribution in [2.24, 2.45) is 0 Å². The first-order valence-corrected chi connectivity index (χ1v) is 8.06. The van der Waals surface area contributed by atoms with Crippen molar-refractivity contribution in [2.75, 3.05) is 10.6 Å². The van der Waals surface area contributed by atoms with Gasteiger partial charge in [0.05, 0.1) is 6.42 Å². The van der Waals surface area contributed by atoms with Crippen LogP contribution in [0.1, 0.15) is 11.1 Å². The zero-order valence-electron chi connectivity index (χ0n) is 13.9. The van der Waals surface area contributed by atoms with Crippen LogP contribution < -0.4 is 10.6 Å². The van der Waals surface area contributed by atoms with Crippen molar-refractivity contribution in [3.05, 3.63) is 89.7 Å². The number of carbonyl (C=O) groups is 1. The maximum Gasteiger partial charge on any atom is 0.228 e. The van der Waals surface area contributed by atoms with Gasteiger partial charge in [0.25, 0.3) is 0 Å². The molecule has 4 heteroatoms. The quantitative estimate of drug-likeness (QED) is 0.685. The number of anilines is 3. The second-order valence-electron chi connectivity index (χ2n) is 5.92. The Morgan fingerprint density at radius 2 is 1.56 bits per heavy atom. The van der Waals surface area contributed by atoms with Crippen molar-refractivity contribution in [1.82, 2.24) is 0 Å². The summed E-state index contributed by atoms with van der Waals surface area (Å²) in [6.45, 7) is 2.02. The molecule has 0 atom stereocenters. The molecule has 0 bridgehead atoms. The molecule has 0 saturated heterocycles. The SMILES string of the molecule is Cc1ccc(CC(=O)Nc2ccc(Nc3cccc(F)c3)cc2)cc1. The third-order valence-corrected chi connectivity index (χ3v) is 3.77. The summed E-state index contributed by atoms with van der Waals surface area (Å²) in [7, 11) is 0. The summed E-state index contributed by atoms with van der Waals surface area (Å²) < 4.78 is 13.2. The topological polar surface area (TPSA) is 41.1 Å². The van der Waals surface area contributed by atoms with E-state index in [1.54, 1.807) is 12.1 Å². The maximum absolute atomic E-state index is 13.2. The number of rotatable bonds is 5. The molecule has 0 fully saturated rings. The van der Waals surface area contributed by atoms with Gasteiger partial charge in [-0.3, -0.25) is 4.79 Å². The van der Waals surface area contributed by atoms with Gasteiger partial charge in [0.1, 0.15) is 5.82 Å². The lowest BCUT2D eigenvalue weighted by molar-refractivity contribution is -0.115. The molecule has 3 nitrogen and oxygen atoms in total. The zero-order valence-corrected chi connectivity index (χ0v) is 13.9. The second kappa shape index (κ2) is 7.62. The third kappa shape index (κ3) is 4.91. The number of amides is 1. The van der Waals surface area contributed by atoms with Crippen molar-refractivity contribution >= 4 is 23.0 Å². The van der Waals surface area contributed by atoms with Crippen LogP contribution in [0.5, 0.6) is 0 Å². The number of aryl methyl sites for hydroxylation is 1. The van der Waals surface area contributed by atoms with Crippen LogP contribution in [0.2, 0.25) is 0 Å². The van der Waals surface area contributed by atoms with Crippen molar-refractivity contribution in [3.63, 3.8) is 0 Å². The normalized spacial score (nSPS) is 10.3. The Kier molecular flexibility index (Phi) is 5.09. The van der Waals surface area contributed by atoms with Crippen LogP contribution in [0.3, 0.4) is 0 Å². The van der Waals surface area contributed by atoms with E-state index in [1.807, 2.05) is 55.5 Å². The van der Waals surface area contributed by atoms with Crippen molar-refractivity contribution in [1.29, 1.82) is 0 Å². The van der Waals surface area contributed by atoms with E-state index in [0.717, 1.165) is 16.9 Å². The Morgan fingerprint density at radius 1 is 0.880 bits per heavy atom.